The summed E-state index contributed by atoms with van der Waals surface area (Å²) < 4.78 is 26.3. The van der Waals surface area contributed by atoms with Crippen molar-refractivity contribution in [3.05, 3.63) is 23.5 Å². The number of carbonyl (C=O) groups is 2. The second kappa shape index (κ2) is 7.28. The lowest BCUT2D eigenvalue weighted by Gasteiger charge is -2.15. The van der Waals surface area contributed by atoms with Crippen molar-refractivity contribution in [2.24, 2.45) is 0 Å². The molecule has 0 aliphatic carbocycles. The number of halogens is 2. The number of aliphatic carboxylic acids is 1. The van der Waals surface area contributed by atoms with Crippen molar-refractivity contribution in [2.45, 2.75) is 25.9 Å². The SMILES string of the molecule is CSCCC(NC(=O)c1ccc(C)n1C(F)F)C(=O)O. The number of nitrogens with zero attached hydrogens (tertiary/aromatic N) is 1. The number of aryl methyl sites for hydroxylation is 1. The molecule has 5 nitrogen and oxygen atoms in total. The van der Waals surface area contributed by atoms with E-state index in [2.05, 4.69) is 5.32 Å². The highest BCUT2D eigenvalue weighted by Crippen LogP contribution is 2.18. The summed E-state index contributed by atoms with van der Waals surface area (Å²) in [6.07, 6.45) is 2.04. The molecule has 1 amide bonds. The van der Waals surface area contributed by atoms with Crippen LogP contribution < -0.4 is 5.32 Å². The van der Waals surface area contributed by atoms with Crippen molar-refractivity contribution >= 4 is 23.6 Å². The van der Waals surface area contributed by atoms with Crippen LogP contribution in [0, 0.1) is 6.92 Å². The van der Waals surface area contributed by atoms with Crippen molar-refractivity contribution in [3.8, 4) is 0 Å². The van der Waals surface area contributed by atoms with Crippen LogP contribution >= 0.6 is 11.8 Å². The predicted octanol–water partition coefficient (Wildman–Crippen LogP) is 2.13. The van der Waals surface area contributed by atoms with Crippen LogP contribution in [-0.2, 0) is 4.79 Å². The first kappa shape index (κ1) is 16.5. The highest BCUT2D eigenvalue weighted by Gasteiger charge is 2.24. The molecule has 1 heterocycles. The van der Waals surface area contributed by atoms with Gasteiger partial charge in [-0.05, 0) is 37.5 Å². The third-order valence-electron chi connectivity index (χ3n) is 2.76. The molecule has 1 unspecified atom stereocenters. The number of alkyl halides is 2. The zero-order chi connectivity index (χ0) is 15.3. The standard InChI is InChI=1S/C12H16F2N2O3S/c1-7-3-4-9(16(7)12(13)14)10(17)15-8(11(18)19)5-6-20-2/h3-4,8,12H,5-6H2,1-2H3,(H,15,17)(H,18,19). The van der Waals surface area contributed by atoms with Crippen LogP contribution in [0.5, 0.6) is 0 Å². The quantitative estimate of drug-likeness (QED) is 0.809. The Balaban J connectivity index is 2.86. The number of amides is 1. The monoisotopic (exact) mass is 306 g/mol. The first-order valence-electron chi connectivity index (χ1n) is 5.87. The summed E-state index contributed by atoms with van der Waals surface area (Å²) in [7, 11) is 0. The molecule has 1 aromatic rings. The van der Waals surface area contributed by atoms with E-state index in [1.807, 2.05) is 6.26 Å². The Kier molecular flexibility index (Phi) is 6.00. The molecule has 1 rings (SSSR count). The Morgan fingerprint density at radius 2 is 2.10 bits per heavy atom. The summed E-state index contributed by atoms with van der Waals surface area (Å²) in [6.45, 7) is -1.40. The van der Waals surface area contributed by atoms with Crippen molar-refractivity contribution in [1.82, 2.24) is 9.88 Å². The highest BCUT2D eigenvalue weighted by molar-refractivity contribution is 7.98. The molecule has 2 N–H and O–H groups in total. The number of carboxylic acid groups (broad SMARTS) is 1. The van der Waals surface area contributed by atoms with Crippen LogP contribution in [0.25, 0.3) is 0 Å². The van der Waals surface area contributed by atoms with Gasteiger partial charge in [-0.2, -0.15) is 20.5 Å². The molecule has 0 spiro atoms. The number of aromatic nitrogens is 1. The molecule has 0 radical (unpaired) electrons. The van der Waals surface area contributed by atoms with E-state index >= 15 is 0 Å². The minimum absolute atomic E-state index is 0.233. The lowest BCUT2D eigenvalue weighted by Crippen LogP contribution is -2.42. The van der Waals surface area contributed by atoms with E-state index in [-0.39, 0.29) is 17.8 Å². The molecule has 0 bridgehead atoms. The number of thioether (sulfide) groups is 1. The Labute approximate surface area is 119 Å². The maximum atomic E-state index is 12.8. The molecule has 1 aromatic heterocycles. The molecule has 112 valence electrons. The zero-order valence-electron chi connectivity index (χ0n) is 11.1. The Bertz CT molecular complexity index is 491. The molecule has 20 heavy (non-hydrogen) atoms. The third kappa shape index (κ3) is 3.96. The van der Waals surface area contributed by atoms with Crippen LogP contribution in [0.4, 0.5) is 8.78 Å². The summed E-state index contributed by atoms with van der Waals surface area (Å²) >= 11 is 1.44. The number of rotatable bonds is 7. The lowest BCUT2D eigenvalue weighted by molar-refractivity contribution is -0.139. The Morgan fingerprint density at radius 3 is 2.60 bits per heavy atom. The van der Waals surface area contributed by atoms with Crippen molar-refractivity contribution in [1.29, 1.82) is 0 Å². The second-order valence-electron chi connectivity index (χ2n) is 4.15. The van der Waals surface area contributed by atoms with Crippen LogP contribution in [0.15, 0.2) is 12.1 Å². The predicted molar refractivity (Wildman–Crippen MR) is 72.3 cm³/mol. The van der Waals surface area contributed by atoms with Gasteiger partial charge in [-0.3, -0.25) is 9.36 Å². The van der Waals surface area contributed by atoms with Gasteiger partial charge >= 0.3 is 12.5 Å². The van der Waals surface area contributed by atoms with Gasteiger partial charge in [-0.25, -0.2) is 4.79 Å². The zero-order valence-corrected chi connectivity index (χ0v) is 11.9. The largest absolute Gasteiger partial charge is 0.480 e. The molecule has 0 saturated heterocycles. The molecular weight excluding hydrogens is 290 g/mol. The van der Waals surface area contributed by atoms with Gasteiger partial charge in [-0.1, -0.05) is 0 Å². The fourth-order valence-electron chi connectivity index (χ4n) is 1.72. The van der Waals surface area contributed by atoms with E-state index in [4.69, 9.17) is 5.11 Å². The molecule has 0 aliphatic rings. The molecule has 0 saturated carbocycles. The summed E-state index contributed by atoms with van der Waals surface area (Å²) in [5.41, 5.74) is -0.00552. The maximum absolute atomic E-state index is 12.8. The van der Waals surface area contributed by atoms with Crippen molar-refractivity contribution in [2.75, 3.05) is 12.0 Å². The third-order valence-corrected chi connectivity index (χ3v) is 3.41. The van der Waals surface area contributed by atoms with Gasteiger partial charge in [0.25, 0.3) is 5.91 Å². The summed E-state index contributed by atoms with van der Waals surface area (Å²) in [4.78, 5) is 22.9. The van der Waals surface area contributed by atoms with Crippen LogP contribution in [0.1, 0.15) is 29.2 Å². The smallest absolute Gasteiger partial charge is 0.326 e. The molecule has 0 fully saturated rings. The normalized spacial score (nSPS) is 12.4. The van der Waals surface area contributed by atoms with Gasteiger partial charge in [0.15, 0.2) is 0 Å². The van der Waals surface area contributed by atoms with Gasteiger partial charge in [0.05, 0.1) is 0 Å². The minimum atomic E-state index is -2.85. The first-order valence-corrected chi connectivity index (χ1v) is 7.26. The Morgan fingerprint density at radius 1 is 1.45 bits per heavy atom. The van der Waals surface area contributed by atoms with Gasteiger partial charge < -0.3 is 10.4 Å². The maximum Gasteiger partial charge on any atom is 0.326 e. The number of nitrogens with one attached hydrogen (secondary N) is 1. The van der Waals surface area contributed by atoms with Gasteiger partial charge in [0.2, 0.25) is 0 Å². The second-order valence-corrected chi connectivity index (χ2v) is 5.14. The van der Waals surface area contributed by atoms with E-state index < -0.39 is 24.5 Å². The highest BCUT2D eigenvalue weighted by atomic mass is 32.2. The summed E-state index contributed by atoms with van der Waals surface area (Å²) in [6, 6.07) is 1.56. The number of hydrogen-bond acceptors (Lipinski definition) is 3. The van der Waals surface area contributed by atoms with Crippen LogP contribution in [0.3, 0.4) is 0 Å². The first-order chi connectivity index (χ1) is 9.38. The molecule has 0 aliphatic heterocycles. The fourth-order valence-corrected chi connectivity index (χ4v) is 2.19. The lowest BCUT2D eigenvalue weighted by atomic mass is 10.2. The van der Waals surface area contributed by atoms with Crippen molar-refractivity contribution < 1.29 is 23.5 Å². The Hall–Kier alpha value is -1.57. The van der Waals surface area contributed by atoms with Crippen LogP contribution in [0.2, 0.25) is 0 Å². The van der Waals surface area contributed by atoms with E-state index in [1.54, 1.807) is 0 Å². The van der Waals surface area contributed by atoms with Gasteiger partial charge in [-0.15, -0.1) is 0 Å². The average Bonchev–Trinajstić information content (AvgIpc) is 2.75. The van der Waals surface area contributed by atoms with E-state index in [1.165, 1.54) is 30.8 Å². The molecule has 1 atom stereocenters. The minimum Gasteiger partial charge on any atom is -0.480 e. The number of carboxylic acids is 1. The van der Waals surface area contributed by atoms with Crippen LogP contribution in [-0.4, -0.2) is 39.6 Å². The average molecular weight is 306 g/mol. The van der Waals surface area contributed by atoms with Gasteiger partial charge in [0, 0.05) is 5.69 Å². The molecular formula is C12H16F2N2O3S. The van der Waals surface area contributed by atoms with E-state index in [9.17, 15) is 18.4 Å². The van der Waals surface area contributed by atoms with E-state index in [0.717, 1.165) is 0 Å². The van der Waals surface area contributed by atoms with Crippen molar-refractivity contribution in [3.63, 3.8) is 0 Å². The molecule has 0 aromatic carbocycles. The van der Waals surface area contributed by atoms with E-state index in [0.29, 0.717) is 10.3 Å². The summed E-state index contributed by atoms with van der Waals surface area (Å²) in [5, 5.41) is 11.3. The summed E-state index contributed by atoms with van der Waals surface area (Å²) in [5.74, 6) is -1.45. The fraction of sp³-hybridized carbons (Fsp3) is 0.500. The number of carbonyl (C=O) groups excluding carboxylic acids is 1. The molecule has 8 heteroatoms. The number of hydrogen-bond donors (Lipinski definition) is 2. The topological polar surface area (TPSA) is 71.3 Å². The van der Waals surface area contributed by atoms with Gasteiger partial charge in [0.1, 0.15) is 11.7 Å².